The molecule has 3 rings (SSSR count). The van der Waals surface area contributed by atoms with Crippen molar-refractivity contribution in [3.63, 3.8) is 0 Å². The Morgan fingerprint density at radius 1 is 1.00 bits per heavy atom. The van der Waals surface area contributed by atoms with E-state index in [9.17, 15) is 4.79 Å². The lowest BCUT2D eigenvalue weighted by atomic mass is 9.95. The van der Waals surface area contributed by atoms with E-state index in [1.807, 2.05) is 30.4 Å². The summed E-state index contributed by atoms with van der Waals surface area (Å²) in [5.74, 6) is -0.837. The smallest absolute Gasteiger partial charge is 0.331 e. The molecule has 0 unspecified atom stereocenters. The molecule has 0 aliphatic heterocycles. The molecule has 0 radical (unpaired) electrons. The van der Waals surface area contributed by atoms with Gasteiger partial charge in [0.1, 0.15) is 0 Å². The first-order valence-corrected chi connectivity index (χ1v) is 5.86. The number of aliphatic carboxylic acids is 1. The fraction of sp³-hybridized carbons (Fsp3) is 0.0625. The van der Waals surface area contributed by atoms with Crippen molar-refractivity contribution in [3.05, 3.63) is 63.6 Å². The van der Waals surface area contributed by atoms with Gasteiger partial charge in [-0.15, -0.1) is 0 Å². The van der Waals surface area contributed by atoms with Crippen LogP contribution in [-0.4, -0.2) is 11.1 Å². The van der Waals surface area contributed by atoms with Crippen molar-refractivity contribution in [2.24, 2.45) is 0 Å². The van der Waals surface area contributed by atoms with Crippen molar-refractivity contribution in [2.75, 3.05) is 0 Å². The highest BCUT2D eigenvalue weighted by atomic mass is 16.4. The molecule has 0 saturated carbocycles. The minimum Gasteiger partial charge on any atom is -0.478 e. The summed E-state index contributed by atoms with van der Waals surface area (Å²) in [4.78, 5) is 11.0. The molecule has 0 aromatic heterocycles. The molecule has 0 fully saturated rings. The molecule has 0 amide bonds. The van der Waals surface area contributed by atoms with Crippen LogP contribution in [0, 0.1) is 0 Å². The van der Waals surface area contributed by atoms with Crippen LogP contribution in [0.5, 0.6) is 0 Å². The predicted molar refractivity (Wildman–Crippen MR) is 72.2 cm³/mol. The Kier molecular flexibility index (Phi) is 2.49. The van der Waals surface area contributed by atoms with E-state index >= 15 is 0 Å². The van der Waals surface area contributed by atoms with Gasteiger partial charge in [-0.1, -0.05) is 48.6 Å². The molecule has 1 aromatic carbocycles. The Morgan fingerprint density at radius 3 is 2.72 bits per heavy atom. The molecule has 0 bridgehead atoms. The zero-order chi connectivity index (χ0) is 12.5. The Hall–Kier alpha value is -2.35. The van der Waals surface area contributed by atoms with Crippen molar-refractivity contribution in [2.45, 2.75) is 6.42 Å². The Morgan fingerprint density at radius 2 is 1.89 bits per heavy atom. The molecule has 88 valence electrons. The number of carboxylic acid groups (broad SMARTS) is 1. The number of carbonyl (C=O) groups is 1. The van der Waals surface area contributed by atoms with Crippen molar-refractivity contribution >= 4 is 24.2 Å². The van der Waals surface area contributed by atoms with Crippen LogP contribution in [0.4, 0.5) is 0 Å². The Labute approximate surface area is 105 Å². The van der Waals surface area contributed by atoms with E-state index in [4.69, 9.17) is 5.11 Å². The molecular formula is C16H12O2. The summed E-state index contributed by atoms with van der Waals surface area (Å²) in [6.07, 6.45) is 14.2. The number of allylic oxidation sites excluding steroid dienone is 4. The average Bonchev–Trinajstić information content (AvgIpc) is 2.59. The van der Waals surface area contributed by atoms with Crippen LogP contribution in [-0.2, 0) is 11.2 Å². The third-order valence-electron chi connectivity index (χ3n) is 3.24. The molecule has 0 saturated heterocycles. The summed E-state index contributed by atoms with van der Waals surface area (Å²) >= 11 is 0. The number of hydrogen-bond donors (Lipinski definition) is 1. The van der Waals surface area contributed by atoms with Gasteiger partial charge in [0.15, 0.2) is 0 Å². The minimum atomic E-state index is -0.837. The number of hydrogen-bond acceptors (Lipinski definition) is 1. The van der Waals surface area contributed by atoms with Gasteiger partial charge in [0.2, 0.25) is 0 Å². The molecule has 2 aliphatic rings. The molecule has 2 aliphatic carbocycles. The van der Waals surface area contributed by atoms with Gasteiger partial charge in [0.05, 0.1) is 0 Å². The fourth-order valence-corrected chi connectivity index (χ4v) is 2.28. The van der Waals surface area contributed by atoms with Crippen LogP contribution in [0.25, 0.3) is 18.2 Å². The van der Waals surface area contributed by atoms with Crippen LogP contribution < -0.4 is 10.4 Å². The van der Waals surface area contributed by atoms with E-state index in [1.54, 1.807) is 6.08 Å². The summed E-state index contributed by atoms with van der Waals surface area (Å²) < 4.78 is 0. The van der Waals surface area contributed by atoms with Gasteiger partial charge in [0.25, 0.3) is 0 Å². The lowest BCUT2D eigenvalue weighted by Gasteiger charge is -2.10. The van der Waals surface area contributed by atoms with Crippen LogP contribution in [0.3, 0.4) is 0 Å². The molecule has 2 heteroatoms. The molecule has 2 nitrogen and oxygen atoms in total. The maximum absolute atomic E-state index is 11.0. The van der Waals surface area contributed by atoms with E-state index in [0.29, 0.717) is 12.0 Å². The van der Waals surface area contributed by atoms with E-state index in [2.05, 4.69) is 18.2 Å². The summed E-state index contributed by atoms with van der Waals surface area (Å²) in [7, 11) is 0. The highest BCUT2D eigenvalue weighted by Crippen LogP contribution is 2.10. The number of benzene rings is 1. The molecule has 1 N–H and O–H groups in total. The lowest BCUT2D eigenvalue weighted by Crippen LogP contribution is -2.22. The van der Waals surface area contributed by atoms with E-state index in [1.165, 1.54) is 5.56 Å². The highest BCUT2D eigenvalue weighted by Gasteiger charge is 2.12. The molecule has 0 heterocycles. The molecule has 1 aromatic rings. The zero-order valence-corrected chi connectivity index (χ0v) is 9.76. The lowest BCUT2D eigenvalue weighted by molar-refractivity contribution is -0.132. The maximum Gasteiger partial charge on any atom is 0.331 e. The first-order valence-electron chi connectivity index (χ1n) is 5.86. The van der Waals surface area contributed by atoms with E-state index < -0.39 is 5.97 Å². The number of fused-ring (bicyclic) bond motifs is 2. The predicted octanol–water partition coefficient (Wildman–Crippen LogP) is 1.40. The number of rotatable bonds is 1. The van der Waals surface area contributed by atoms with Gasteiger partial charge >= 0.3 is 5.97 Å². The third-order valence-corrected chi connectivity index (χ3v) is 3.24. The maximum atomic E-state index is 11.0. The quantitative estimate of drug-likeness (QED) is 0.800. The van der Waals surface area contributed by atoms with Gasteiger partial charge in [-0.3, -0.25) is 0 Å². The van der Waals surface area contributed by atoms with Crippen molar-refractivity contribution in [3.8, 4) is 0 Å². The van der Waals surface area contributed by atoms with Crippen LogP contribution in [0.1, 0.15) is 11.1 Å². The minimum absolute atomic E-state index is 0.446. The highest BCUT2D eigenvalue weighted by molar-refractivity contribution is 5.89. The van der Waals surface area contributed by atoms with E-state index in [0.717, 1.165) is 16.0 Å². The fourth-order valence-electron chi connectivity index (χ4n) is 2.28. The monoisotopic (exact) mass is 236 g/mol. The van der Waals surface area contributed by atoms with Gasteiger partial charge in [0, 0.05) is 12.0 Å². The molecule has 18 heavy (non-hydrogen) atoms. The standard InChI is InChI=1S/C16H12O2/c17-16(18)14-7-6-13-8-11-4-2-1-3-5-12(11)9-15(13)10-14/h1-9H,10H2,(H,17,18). The molecular weight excluding hydrogens is 224 g/mol. The summed E-state index contributed by atoms with van der Waals surface area (Å²) in [6.45, 7) is 0. The van der Waals surface area contributed by atoms with Crippen molar-refractivity contribution in [1.82, 2.24) is 0 Å². The topological polar surface area (TPSA) is 37.3 Å². The first-order chi connectivity index (χ1) is 8.74. The van der Waals surface area contributed by atoms with Gasteiger partial charge in [-0.25, -0.2) is 4.79 Å². The van der Waals surface area contributed by atoms with Gasteiger partial charge < -0.3 is 5.11 Å². The largest absolute Gasteiger partial charge is 0.478 e. The summed E-state index contributed by atoms with van der Waals surface area (Å²) in [5.41, 5.74) is 2.69. The Balaban J connectivity index is 2.20. The van der Waals surface area contributed by atoms with Crippen molar-refractivity contribution < 1.29 is 9.90 Å². The van der Waals surface area contributed by atoms with Crippen LogP contribution in [0.2, 0.25) is 0 Å². The second-order valence-electron chi connectivity index (χ2n) is 4.43. The van der Waals surface area contributed by atoms with Crippen molar-refractivity contribution in [1.29, 1.82) is 0 Å². The number of carboxylic acids is 1. The van der Waals surface area contributed by atoms with Crippen LogP contribution >= 0.6 is 0 Å². The second kappa shape index (κ2) is 4.15. The molecule has 0 spiro atoms. The average molecular weight is 236 g/mol. The Bertz CT molecular complexity index is 731. The van der Waals surface area contributed by atoms with Gasteiger partial charge in [-0.05, 0) is 27.6 Å². The SMILES string of the molecule is O=C(O)C1=CC=c2cc3c(cc2C1)=CC=CC=C3. The van der Waals surface area contributed by atoms with Gasteiger partial charge in [-0.2, -0.15) is 0 Å². The summed E-state index contributed by atoms with van der Waals surface area (Å²) in [6, 6.07) is 4.19. The zero-order valence-electron chi connectivity index (χ0n) is 9.76. The first kappa shape index (κ1) is 10.8. The third kappa shape index (κ3) is 1.82. The second-order valence-corrected chi connectivity index (χ2v) is 4.43. The van der Waals surface area contributed by atoms with Crippen LogP contribution in [0.15, 0.2) is 42.0 Å². The van der Waals surface area contributed by atoms with E-state index in [-0.39, 0.29) is 0 Å². The molecule has 0 atom stereocenters. The summed E-state index contributed by atoms with van der Waals surface area (Å²) in [5, 5.41) is 11.3. The normalized spacial score (nSPS) is 15.7.